The Hall–Kier alpha value is -2.11. The van der Waals surface area contributed by atoms with Crippen LogP contribution in [0, 0.1) is 12.7 Å². The molecule has 1 N–H and O–H groups in total. The number of aryl methyl sites for hydroxylation is 1. The van der Waals surface area contributed by atoms with Gasteiger partial charge < -0.3 is 10.1 Å². The predicted molar refractivity (Wildman–Crippen MR) is 109 cm³/mol. The molecule has 0 radical (unpaired) electrons. The Labute approximate surface area is 169 Å². The lowest BCUT2D eigenvalue weighted by atomic mass is 9.99. The number of carbonyl (C=O) groups is 1. The van der Waals surface area contributed by atoms with E-state index in [0.717, 1.165) is 48.1 Å². The van der Waals surface area contributed by atoms with Gasteiger partial charge in [-0.2, -0.15) is 0 Å². The molecule has 2 aromatic rings. The number of hydrogen-bond donors (Lipinski definition) is 1. The van der Waals surface area contributed by atoms with Gasteiger partial charge in [-0.25, -0.2) is 9.18 Å². The van der Waals surface area contributed by atoms with E-state index in [1.54, 1.807) is 24.1 Å². The summed E-state index contributed by atoms with van der Waals surface area (Å²) < 4.78 is 19.4. The molecule has 2 atom stereocenters. The zero-order chi connectivity index (χ0) is 19.8. The molecule has 4 rings (SSSR count). The number of hydrogen-bond acceptors (Lipinski definition) is 3. The van der Waals surface area contributed by atoms with Gasteiger partial charge in [-0.05, 0) is 55.9 Å². The SMILES string of the molecule is Cc1cccc(-c2ccc(F)c(Cl)c2)c1N(C)C(=O)OC1CC2CCC(C1)N2. The van der Waals surface area contributed by atoms with Crippen molar-refractivity contribution in [3.05, 3.63) is 52.8 Å². The van der Waals surface area contributed by atoms with Crippen LogP contribution in [0.2, 0.25) is 5.02 Å². The lowest BCUT2D eigenvalue weighted by molar-refractivity contribution is 0.0730. The van der Waals surface area contributed by atoms with Crippen LogP contribution < -0.4 is 10.2 Å². The van der Waals surface area contributed by atoms with Gasteiger partial charge in [0, 0.05) is 24.7 Å². The van der Waals surface area contributed by atoms with Crippen LogP contribution in [-0.2, 0) is 4.74 Å². The van der Waals surface area contributed by atoms with Gasteiger partial charge in [-0.15, -0.1) is 0 Å². The minimum atomic E-state index is -0.465. The highest BCUT2D eigenvalue weighted by Gasteiger charge is 2.36. The highest BCUT2D eigenvalue weighted by atomic mass is 35.5. The number of anilines is 1. The lowest BCUT2D eigenvalue weighted by Crippen LogP contribution is -2.43. The van der Waals surface area contributed by atoms with Crippen molar-refractivity contribution in [2.45, 2.75) is 50.8 Å². The molecule has 2 bridgehead atoms. The van der Waals surface area contributed by atoms with Crippen LogP contribution in [0.25, 0.3) is 11.1 Å². The summed E-state index contributed by atoms with van der Waals surface area (Å²) in [6.45, 7) is 1.94. The van der Waals surface area contributed by atoms with Gasteiger partial charge in [0.2, 0.25) is 0 Å². The number of carbonyl (C=O) groups excluding carboxylic acids is 1. The first-order chi connectivity index (χ1) is 13.4. The summed E-state index contributed by atoms with van der Waals surface area (Å²) >= 11 is 5.97. The third-order valence-electron chi connectivity index (χ3n) is 5.77. The summed E-state index contributed by atoms with van der Waals surface area (Å²) in [5.41, 5.74) is 3.24. The summed E-state index contributed by atoms with van der Waals surface area (Å²) in [6, 6.07) is 11.3. The van der Waals surface area contributed by atoms with E-state index in [0.29, 0.717) is 12.1 Å². The first-order valence-electron chi connectivity index (χ1n) is 9.68. The van der Waals surface area contributed by atoms with Crippen LogP contribution in [-0.4, -0.2) is 31.3 Å². The Morgan fingerprint density at radius 1 is 1.21 bits per heavy atom. The zero-order valence-electron chi connectivity index (χ0n) is 16.0. The van der Waals surface area contributed by atoms with Crippen molar-refractivity contribution < 1.29 is 13.9 Å². The molecule has 2 unspecified atom stereocenters. The molecule has 0 aromatic heterocycles. The third-order valence-corrected chi connectivity index (χ3v) is 6.06. The van der Waals surface area contributed by atoms with Crippen LogP contribution in [0.5, 0.6) is 0 Å². The van der Waals surface area contributed by atoms with E-state index in [-0.39, 0.29) is 17.2 Å². The number of halogens is 2. The van der Waals surface area contributed by atoms with Crippen molar-refractivity contribution >= 4 is 23.4 Å². The van der Waals surface area contributed by atoms with Crippen molar-refractivity contribution in [2.24, 2.45) is 0 Å². The van der Waals surface area contributed by atoms with Crippen molar-refractivity contribution in [1.29, 1.82) is 0 Å². The Kier molecular flexibility index (Phi) is 5.30. The largest absolute Gasteiger partial charge is 0.446 e. The lowest BCUT2D eigenvalue weighted by Gasteiger charge is -2.31. The van der Waals surface area contributed by atoms with Crippen LogP contribution in [0.1, 0.15) is 31.2 Å². The fourth-order valence-corrected chi connectivity index (χ4v) is 4.60. The van der Waals surface area contributed by atoms with E-state index in [1.165, 1.54) is 6.07 Å². The van der Waals surface area contributed by atoms with E-state index in [9.17, 15) is 9.18 Å². The zero-order valence-corrected chi connectivity index (χ0v) is 16.8. The molecule has 2 aliphatic heterocycles. The minimum absolute atomic E-state index is 0.0542. The summed E-state index contributed by atoms with van der Waals surface area (Å²) in [6.07, 6.45) is 3.62. The molecule has 1 amide bonds. The average Bonchev–Trinajstić information content (AvgIpc) is 3.01. The number of piperidine rings is 1. The van der Waals surface area contributed by atoms with Crippen LogP contribution in [0.4, 0.5) is 14.9 Å². The second-order valence-electron chi connectivity index (χ2n) is 7.77. The smallest absolute Gasteiger partial charge is 0.414 e. The standard InChI is InChI=1S/C22H24ClFN2O2/c1-13-4-3-5-18(14-6-9-20(24)19(23)10-14)21(13)26(2)22(27)28-17-11-15-7-8-16(12-17)25-15/h3-6,9-10,15-17,25H,7-8,11-12H2,1-2H3. The predicted octanol–water partition coefficient (Wildman–Crippen LogP) is 5.31. The number of benzene rings is 2. The van der Waals surface area contributed by atoms with Crippen LogP contribution in [0.15, 0.2) is 36.4 Å². The number of fused-ring (bicyclic) bond motifs is 2. The molecule has 28 heavy (non-hydrogen) atoms. The molecule has 2 heterocycles. The fraction of sp³-hybridized carbons (Fsp3) is 0.409. The number of ether oxygens (including phenoxy) is 1. The minimum Gasteiger partial charge on any atom is -0.446 e. The molecule has 6 heteroatoms. The number of rotatable bonds is 3. The molecule has 0 aliphatic carbocycles. The van der Waals surface area contributed by atoms with E-state index < -0.39 is 5.82 Å². The van der Waals surface area contributed by atoms with E-state index in [2.05, 4.69) is 5.32 Å². The molecular formula is C22H24ClFN2O2. The maximum atomic E-state index is 13.6. The summed E-state index contributed by atoms with van der Waals surface area (Å²) in [7, 11) is 1.72. The summed E-state index contributed by atoms with van der Waals surface area (Å²) in [4.78, 5) is 14.4. The van der Waals surface area contributed by atoms with Gasteiger partial charge in [0.15, 0.2) is 0 Å². The van der Waals surface area contributed by atoms with Gasteiger partial charge in [-0.1, -0.05) is 35.9 Å². The second-order valence-corrected chi connectivity index (χ2v) is 8.18. The van der Waals surface area contributed by atoms with Crippen molar-refractivity contribution in [3.8, 4) is 11.1 Å². The molecule has 2 aromatic carbocycles. The van der Waals surface area contributed by atoms with Gasteiger partial charge >= 0.3 is 6.09 Å². The number of nitrogens with zero attached hydrogens (tertiary/aromatic N) is 1. The van der Waals surface area contributed by atoms with Gasteiger partial charge in [0.25, 0.3) is 0 Å². The molecule has 4 nitrogen and oxygen atoms in total. The number of amides is 1. The normalized spacial score (nSPS) is 23.5. The molecule has 0 spiro atoms. The quantitative estimate of drug-likeness (QED) is 0.756. The highest BCUT2D eigenvalue weighted by Crippen LogP contribution is 2.36. The van der Waals surface area contributed by atoms with Gasteiger partial charge in [0.1, 0.15) is 11.9 Å². The molecule has 148 valence electrons. The van der Waals surface area contributed by atoms with E-state index in [1.807, 2.05) is 25.1 Å². The Bertz CT molecular complexity index is 892. The summed E-state index contributed by atoms with van der Waals surface area (Å²) in [5.74, 6) is -0.465. The topological polar surface area (TPSA) is 41.6 Å². The molecule has 0 saturated carbocycles. The van der Waals surface area contributed by atoms with Crippen LogP contribution >= 0.6 is 11.6 Å². The van der Waals surface area contributed by atoms with Crippen molar-refractivity contribution in [1.82, 2.24) is 5.32 Å². The maximum absolute atomic E-state index is 13.6. The average molecular weight is 403 g/mol. The van der Waals surface area contributed by atoms with Crippen LogP contribution in [0.3, 0.4) is 0 Å². The van der Waals surface area contributed by atoms with Gasteiger partial charge in [0.05, 0.1) is 10.7 Å². The Balaban J connectivity index is 1.59. The molecule has 2 fully saturated rings. The van der Waals surface area contributed by atoms with E-state index >= 15 is 0 Å². The fourth-order valence-electron chi connectivity index (χ4n) is 4.41. The molecule has 2 aliphatic rings. The summed E-state index contributed by atoms with van der Waals surface area (Å²) in [5, 5.41) is 3.61. The Morgan fingerprint density at radius 3 is 2.61 bits per heavy atom. The first kappa shape index (κ1) is 19.2. The first-order valence-corrected chi connectivity index (χ1v) is 10.1. The van der Waals surface area contributed by atoms with Crippen molar-refractivity contribution in [3.63, 3.8) is 0 Å². The maximum Gasteiger partial charge on any atom is 0.414 e. The third kappa shape index (κ3) is 3.74. The number of nitrogens with one attached hydrogen (secondary N) is 1. The molecule has 2 saturated heterocycles. The van der Waals surface area contributed by atoms with Crippen molar-refractivity contribution in [2.75, 3.05) is 11.9 Å². The van der Waals surface area contributed by atoms with Gasteiger partial charge in [-0.3, -0.25) is 4.90 Å². The second kappa shape index (κ2) is 7.72. The highest BCUT2D eigenvalue weighted by molar-refractivity contribution is 6.31. The molecular weight excluding hydrogens is 379 g/mol. The van der Waals surface area contributed by atoms with E-state index in [4.69, 9.17) is 16.3 Å². The number of para-hydroxylation sites is 1. The Morgan fingerprint density at radius 2 is 1.93 bits per heavy atom. The monoisotopic (exact) mass is 402 g/mol.